The Kier molecular flexibility index (Phi) is 4.82. The van der Waals surface area contributed by atoms with Crippen LogP contribution in [0.25, 0.3) is 17.2 Å². The molecule has 1 fully saturated rings. The standard InChI is InChI=1S/C24H23N3O8/c1-27(2)13-8-12(23-26-3-4-35-23)18(29)16-11(13)6-9-5-10-7-14(28)17(22(25)33)21(32)24(10,34)20(31)15(9)19(16)30/h3-4,8-10,29-30,32,34H,5-7H2,1-2H3,(H2,25,33)/t9-,10+,24+/m1/s1. The number of benzene rings is 1. The molecule has 1 aromatic heterocycles. The minimum atomic E-state index is -2.60. The van der Waals surface area contributed by atoms with E-state index in [0.29, 0.717) is 11.3 Å². The molecule has 11 heteroatoms. The lowest BCUT2D eigenvalue weighted by atomic mass is 9.59. The maximum absolute atomic E-state index is 13.6. The van der Waals surface area contributed by atoms with Crippen LogP contribution in [0.4, 0.5) is 5.69 Å². The predicted molar refractivity (Wildman–Crippen MR) is 121 cm³/mol. The summed E-state index contributed by atoms with van der Waals surface area (Å²) in [5.41, 5.74) is 2.95. The number of carbonyl (C=O) groups is 3. The summed E-state index contributed by atoms with van der Waals surface area (Å²) in [6.45, 7) is 0. The largest absolute Gasteiger partial charge is 0.508 e. The Morgan fingerprint density at radius 2 is 1.94 bits per heavy atom. The average Bonchev–Trinajstić information content (AvgIpc) is 3.30. The van der Waals surface area contributed by atoms with Crippen LogP contribution in [-0.4, -0.2) is 62.6 Å². The summed E-state index contributed by atoms with van der Waals surface area (Å²) in [5.74, 6) is -6.62. The summed E-state index contributed by atoms with van der Waals surface area (Å²) >= 11 is 0. The van der Waals surface area contributed by atoms with Crippen LogP contribution in [0.2, 0.25) is 0 Å². The fourth-order valence-electron chi connectivity index (χ4n) is 5.59. The van der Waals surface area contributed by atoms with Gasteiger partial charge in [0.1, 0.15) is 29.1 Å². The van der Waals surface area contributed by atoms with Crippen molar-refractivity contribution in [2.24, 2.45) is 17.6 Å². The van der Waals surface area contributed by atoms with Crippen LogP contribution in [-0.2, 0) is 20.8 Å². The van der Waals surface area contributed by atoms with Crippen molar-refractivity contribution in [2.75, 3.05) is 19.0 Å². The Hall–Kier alpha value is -4.12. The number of oxazole rings is 1. The molecule has 6 N–H and O–H groups in total. The van der Waals surface area contributed by atoms with Crippen molar-refractivity contribution in [1.82, 2.24) is 4.98 Å². The van der Waals surface area contributed by atoms with E-state index in [1.165, 1.54) is 12.5 Å². The molecule has 3 atom stereocenters. The number of rotatable bonds is 3. The van der Waals surface area contributed by atoms with Gasteiger partial charge in [0.25, 0.3) is 5.91 Å². The lowest BCUT2D eigenvalue weighted by Gasteiger charge is -2.46. The summed E-state index contributed by atoms with van der Waals surface area (Å²) in [6.07, 6.45) is 2.64. The number of aliphatic hydroxyl groups excluding tert-OH is 2. The van der Waals surface area contributed by atoms with Crippen molar-refractivity contribution >= 4 is 28.9 Å². The molecule has 5 rings (SSSR count). The number of hydrogen-bond acceptors (Lipinski definition) is 10. The van der Waals surface area contributed by atoms with Crippen molar-refractivity contribution in [3.63, 3.8) is 0 Å². The first kappa shape index (κ1) is 22.7. The molecule has 2 aromatic rings. The van der Waals surface area contributed by atoms with Crippen molar-refractivity contribution < 1.29 is 39.2 Å². The van der Waals surface area contributed by atoms with E-state index in [1.807, 2.05) is 0 Å². The Labute approximate surface area is 198 Å². The van der Waals surface area contributed by atoms with Gasteiger partial charge in [-0.2, -0.15) is 0 Å². The molecule has 0 aliphatic heterocycles. The van der Waals surface area contributed by atoms with Crippen LogP contribution in [0, 0.1) is 11.8 Å². The van der Waals surface area contributed by atoms with E-state index in [4.69, 9.17) is 10.2 Å². The molecule has 1 saturated carbocycles. The second kappa shape index (κ2) is 7.44. The van der Waals surface area contributed by atoms with Crippen molar-refractivity contribution in [2.45, 2.75) is 24.9 Å². The van der Waals surface area contributed by atoms with Crippen LogP contribution in [0.3, 0.4) is 0 Å². The van der Waals surface area contributed by atoms with Crippen LogP contribution in [0.5, 0.6) is 5.75 Å². The van der Waals surface area contributed by atoms with Crippen molar-refractivity contribution in [3.05, 3.63) is 46.6 Å². The lowest BCUT2D eigenvalue weighted by Crippen LogP contribution is -2.58. The minimum absolute atomic E-state index is 0.0171. The van der Waals surface area contributed by atoms with E-state index in [0.717, 1.165) is 0 Å². The second-order valence-electron chi connectivity index (χ2n) is 9.28. The molecule has 0 bridgehead atoms. The highest BCUT2D eigenvalue weighted by atomic mass is 16.4. The number of carbonyl (C=O) groups excluding carboxylic acids is 3. The number of anilines is 1. The molecular weight excluding hydrogens is 458 g/mol. The predicted octanol–water partition coefficient (Wildman–Crippen LogP) is 1.14. The van der Waals surface area contributed by atoms with E-state index < -0.39 is 52.0 Å². The number of aliphatic hydroxyl groups is 3. The third-order valence-electron chi connectivity index (χ3n) is 7.18. The summed E-state index contributed by atoms with van der Waals surface area (Å²) in [6, 6.07) is 1.66. The van der Waals surface area contributed by atoms with Crippen molar-refractivity contribution in [3.8, 4) is 17.2 Å². The summed E-state index contributed by atoms with van der Waals surface area (Å²) in [5, 5.41) is 44.4. The Morgan fingerprint density at radius 1 is 1.23 bits per heavy atom. The molecule has 1 aromatic carbocycles. The molecule has 0 saturated heterocycles. The second-order valence-corrected chi connectivity index (χ2v) is 9.28. The number of aromatic nitrogens is 1. The molecule has 1 heterocycles. The normalized spacial score (nSPS) is 25.8. The molecule has 182 valence electrons. The first-order chi connectivity index (χ1) is 16.5. The molecule has 11 nitrogen and oxygen atoms in total. The van der Waals surface area contributed by atoms with Gasteiger partial charge in [0, 0.05) is 37.7 Å². The molecule has 1 amide bonds. The van der Waals surface area contributed by atoms with Gasteiger partial charge in [0.05, 0.1) is 17.3 Å². The molecule has 0 spiro atoms. The van der Waals surface area contributed by atoms with Gasteiger partial charge in [-0.05, 0) is 30.4 Å². The number of Topliss-reactive ketones (excluding diaryl/α,β-unsaturated/α-hetero) is 2. The van der Waals surface area contributed by atoms with Gasteiger partial charge in [0.15, 0.2) is 11.4 Å². The van der Waals surface area contributed by atoms with Crippen molar-refractivity contribution in [1.29, 1.82) is 0 Å². The first-order valence-electron chi connectivity index (χ1n) is 10.9. The monoisotopic (exact) mass is 481 g/mol. The number of amides is 1. The minimum Gasteiger partial charge on any atom is -0.508 e. The Morgan fingerprint density at radius 3 is 2.54 bits per heavy atom. The molecule has 0 radical (unpaired) electrons. The fourth-order valence-corrected chi connectivity index (χ4v) is 5.59. The Bertz CT molecular complexity index is 1370. The summed E-state index contributed by atoms with van der Waals surface area (Å²) in [4.78, 5) is 43.7. The third kappa shape index (κ3) is 2.94. The van der Waals surface area contributed by atoms with E-state index in [9.17, 15) is 34.8 Å². The number of phenolic OH excluding ortho intramolecular Hbond substituents is 1. The molecular formula is C24H23N3O8. The van der Waals surface area contributed by atoms with Gasteiger partial charge in [-0.1, -0.05) is 0 Å². The fraction of sp³-hybridized carbons (Fsp3) is 0.333. The summed E-state index contributed by atoms with van der Waals surface area (Å²) in [7, 11) is 3.56. The number of hydrogen-bond donors (Lipinski definition) is 5. The average molecular weight is 481 g/mol. The van der Waals surface area contributed by atoms with Crippen LogP contribution in [0.1, 0.15) is 24.0 Å². The van der Waals surface area contributed by atoms with Gasteiger partial charge >= 0.3 is 0 Å². The third-order valence-corrected chi connectivity index (χ3v) is 7.18. The maximum Gasteiger partial charge on any atom is 0.255 e. The number of nitrogens with zero attached hydrogens (tertiary/aromatic N) is 2. The van der Waals surface area contributed by atoms with E-state index in [-0.39, 0.29) is 47.6 Å². The zero-order valence-electron chi connectivity index (χ0n) is 18.9. The zero-order chi connectivity index (χ0) is 25.4. The Balaban J connectivity index is 1.75. The first-order valence-corrected chi connectivity index (χ1v) is 10.9. The number of phenols is 1. The molecule has 0 unspecified atom stereocenters. The highest BCUT2D eigenvalue weighted by molar-refractivity contribution is 6.22. The zero-order valence-corrected chi connectivity index (χ0v) is 18.9. The number of nitrogens with two attached hydrogens (primary N) is 1. The van der Waals surface area contributed by atoms with Gasteiger partial charge in [-0.15, -0.1) is 0 Å². The highest BCUT2D eigenvalue weighted by Crippen LogP contribution is 2.54. The van der Waals surface area contributed by atoms with Crippen LogP contribution < -0.4 is 10.6 Å². The number of fused-ring (bicyclic) bond motifs is 3. The molecule has 35 heavy (non-hydrogen) atoms. The topological polar surface area (TPSA) is 187 Å². The smallest absolute Gasteiger partial charge is 0.255 e. The van der Waals surface area contributed by atoms with E-state index in [2.05, 4.69) is 4.98 Å². The van der Waals surface area contributed by atoms with E-state index in [1.54, 1.807) is 25.1 Å². The van der Waals surface area contributed by atoms with Gasteiger partial charge in [0.2, 0.25) is 11.7 Å². The highest BCUT2D eigenvalue weighted by Gasteiger charge is 2.60. The number of primary amides is 1. The van der Waals surface area contributed by atoms with Crippen LogP contribution >= 0.6 is 0 Å². The van der Waals surface area contributed by atoms with Gasteiger partial charge < -0.3 is 35.5 Å². The molecule has 3 aliphatic rings. The number of aromatic hydroxyl groups is 1. The van der Waals surface area contributed by atoms with Crippen LogP contribution in [0.15, 0.2) is 39.8 Å². The summed E-state index contributed by atoms with van der Waals surface area (Å²) < 4.78 is 5.33. The lowest BCUT2D eigenvalue weighted by molar-refractivity contribution is -0.147. The van der Waals surface area contributed by atoms with Gasteiger partial charge in [-0.3, -0.25) is 14.4 Å². The molecule has 3 aliphatic carbocycles. The van der Waals surface area contributed by atoms with Gasteiger partial charge in [-0.25, -0.2) is 4.98 Å². The van der Waals surface area contributed by atoms with E-state index >= 15 is 0 Å². The maximum atomic E-state index is 13.6. The SMILES string of the molecule is CN(C)c1cc(-c2ncco2)c(O)c2c1C[C@H]1C[C@H]3CC(=O)C(C(N)=O)=C(O)[C@@]3(O)C(=O)C1=C2O. The quantitative estimate of drug-likeness (QED) is 0.398. The number of ketones is 2.